The van der Waals surface area contributed by atoms with E-state index in [1.54, 1.807) is 6.07 Å². The average molecular weight is 206 g/mol. The van der Waals surface area contributed by atoms with E-state index in [-0.39, 0.29) is 0 Å². The molecule has 1 aliphatic heterocycles. The molecule has 1 heterocycles. The van der Waals surface area contributed by atoms with Crippen molar-refractivity contribution in [3.05, 3.63) is 29.8 Å². The highest BCUT2D eigenvalue weighted by molar-refractivity contribution is 5.31. The summed E-state index contributed by atoms with van der Waals surface area (Å²) < 4.78 is 0. The molecule has 0 amide bonds. The van der Waals surface area contributed by atoms with Crippen LogP contribution in [0.4, 0.5) is 0 Å². The van der Waals surface area contributed by atoms with Gasteiger partial charge in [0.1, 0.15) is 5.75 Å². The van der Waals surface area contributed by atoms with Gasteiger partial charge in [0, 0.05) is 25.2 Å². The summed E-state index contributed by atoms with van der Waals surface area (Å²) in [7, 11) is 0. The van der Waals surface area contributed by atoms with E-state index in [1.807, 2.05) is 18.2 Å². The number of hydrazine groups is 1. The topological polar surface area (TPSA) is 35.5 Å². The maximum Gasteiger partial charge on any atom is 0.120 e. The molecule has 0 bridgehead atoms. The fourth-order valence-corrected chi connectivity index (χ4v) is 1.91. The molecule has 0 atom stereocenters. The summed E-state index contributed by atoms with van der Waals surface area (Å²) in [5.41, 5.74) is 4.31. The van der Waals surface area contributed by atoms with Crippen LogP contribution in [0.25, 0.3) is 0 Å². The summed E-state index contributed by atoms with van der Waals surface area (Å²) in [5.74, 6) is 0.377. The summed E-state index contributed by atoms with van der Waals surface area (Å²) in [5, 5.41) is 11.8. The number of hydrogen-bond acceptors (Lipinski definition) is 3. The molecule has 0 radical (unpaired) electrons. The molecule has 0 spiro atoms. The Morgan fingerprint density at radius 2 is 1.87 bits per heavy atom. The van der Waals surface area contributed by atoms with E-state index in [9.17, 15) is 5.11 Å². The number of phenols is 1. The largest absolute Gasteiger partial charge is 0.508 e. The minimum absolute atomic E-state index is 0.377. The van der Waals surface area contributed by atoms with Crippen molar-refractivity contribution in [1.29, 1.82) is 0 Å². The first-order chi connectivity index (χ1) is 7.36. The van der Waals surface area contributed by atoms with Crippen LogP contribution >= 0.6 is 0 Å². The smallest absolute Gasteiger partial charge is 0.120 e. The lowest BCUT2D eigenvalue weighted by Gasteiger charge is -2.27. The Morgan fingerprint density at radius 1 is 1.13 bits per heavy atom. The highest BCUT2D eigenvalue weighted by atomic mass is 16.3. The summed E-state index contributed by atoms with van der Waals surface area (Å²) in [6, 6.07) is 7.48. The number of rotatable bonds is 3. The highest BCUT2D eigenvalue weighted by Gasteiger charge is 2.09. The lowest BCUT2D eigenvalue weighted by Crippen LogP contribution is -2.41. The zero-order valence-electron chi connectivity index (χ0n) is 8.95. The van der Waals surface area contributed by atoms with Crippen LogP contribution in [0.3, 0.4) is 0 Å². The molecule has 1 aliphatic rings. The van der Waals surface area contributed by atoms with Crippen LogP contribution in [-0.4, -0.2) is 23.2 Å². The molecule has 0 aliphatic carbocycles. The van der Waals surface area contributed by atoms with Gasteiger partial charge in [-0.15, -0.1) is 0 Å². The molecule has 82 valence electrons. The lowest BCUT2D eigenvalue weighted by atomic mass is 10.1. The van der Waals surface area contributed by atoms with Gasteiger partial charge in [-0.2, -0.15) is 0 Å². The Balaban J connectivity index is 1.84. The van der Waals surface area contributed by atoms with Gasteiger partial charge in [0.05, 0.1) is 0 Å². The van der Waals surface area contributed by atoms with Crippen molar-refractivity contribution in [1.82, 2.24) is 10.4 Å². The van der Waals surface area contributed by atoms with E-state index in [4.69, 9.17) is 0 Å². The number of nitrogens with one attached hydrogen (secondary N) is 1. The summed E-state index contributed by atoms with van der Waals surface area (Å²) in [4.78, 5) is 0. The Hall–Kier alpha value is -1.06. The molecule has 0 unspecified atom stereocenters. The molecule has 0 aromatic heterocycles. The standard InChI is InChI=1S/C12H18N2O/c15-12-7-3-2-6-11(12)10-13-14-8-4-1-5-9-14/h2-3,6-7,13,15H,1,4-5,8-10H2. The van der Waals surface area contributed by atoms with E-state index in [1.165, 1.54) is 19.3 Å². The van der Waals surface area contributed by atoms with Crippen molar-refractivity contribution in [3.8, 4) is 5.75 Å². The molecule has 1 saturated heterocycles. The van der Waals surface area contributed by atoms with E-state index in [0.717, 1.165) is 18.7 Å². The third-order valence-corrected chi connectivity index (χ3v) is 2.84. The van der Waals surface area contributed by atoms with Gasteiger partial charge in [0.25, 0.3) is 0 Å². The second-order valence-corrected chi connectivity index (χ2v) is 4.01. The van der Waals surface area contributed by atoms with Crippen molar-refractivity contribution in [2.45, 2.75) is 25.8 Å². The number of phenolic OH excluding ortho intramolecular Hbond substituents is 1. The second-order valence-electron chi connectivity index (χ2n) is 4.01. The molecule has 2 N–H and O–H groups in total. The first-order valence-electron chi connectivity index (χ1n) is 5.61. The predicted octanol–water partition coefficient (Wildman–Crippen LogP) is 1.88. The van der Waals surface area contributed by atoms with Gasteiger partial charge < -0.3 is 5.11 Å². The Kier molecular flexibility index (Phi) is 3.59. The Bertz CT molecular complexity index is 308. The Labute approximate surface area is 90.7 Å². The van der Waals surface area contributed by atoms with Crippen molar-refractivity contribution in [2.75, 3.05) is 13.1 Å². The minimum atomic E-state index is 0.377. The minimum Gasteiger partial charge on any atom is -0.508 e. The number of para-hydroxylation sites is 1. The molecule has 0 saturated carbocycles. The molecule has 15 heavy (non-hydrogen) atoms. The van der Waals surface area contributed by atoms with E-state index >= 15 is 0 Å². The van der Waals surface area contributed by atoms with Crippen LogP contribution in [0.5, 0.6) is 5.75 Å². The maximum atomic E-state index is 9.58. The van der Waals surface area contributed by atoms with Crippen molar-refractivity contribution in [3.63, 3.8) is 0 Å². The molecular weight excluding hydrogens is 188 g/mol. The van der Waals surface area contributed by atoms with Crippen molar-refractivity contribution >= 4 is 0 Å². The SMILES string of the molecule is Oc1ccccc1CNN1CCCCC1. The van der Waals surface area contributed by atoms with Crippen LogP contribution in [0.2, 0.25) is 0 Å². The maximum absolute atomic E-state index is 9.58. The van der Waals surface area contributed by atoms with Crippen LogP contribution in [0, 0.1) is 0 Å². The Morgan fingerprint density at radius 3 is 2.60 bits per heavy atom. The van der Waals surface area contributed by atoms with Gasteiger partial charge in [-0.25, -0.2) is 5.01 Å². The summed E-state index contributed by atoms with van der Waals surface area (Å²) >= 11 is 0. The number of aromatic hydroxyl groups is 1. The van der Waals surface area contributed by atoms with Crippen LogP contribution in [0.15, 0.2) is 24.3 Å². The predicted molar refractivity (Wildman–Crippen MR) is 60.4 cm³/mol. The van der Waals surface area contributed by atoms with E-state index in [0.29, 0.717) is 12.3 Å². The van der Waals surface area contributed by atoms with E-state index < -0.39 is 0 Å². The monoisotopic (exact) mass is 206 g/mol. The third-order valence-electron chi connectivity index (χ3n) is 2.84. The van der Waals surface area contributed by atoms with Gasteiger partial charge in [-0.05, 0) is 18.9 Å². The van der Waals surface area contributed by atoms with E-state index in [2.05, 4.69) is 10.4 Å². The zero-order chi connectivity index (χ0) is 10.5. The number of hydrogen-bond donors (Lipinski definition) is 2. The second kappa shape index (κ2) is 5.14. The fraction of sp³-hybridized carbons (Fsp3) is 0.500. The molecular formula is C12H18N2O. The average Bonchev–Trinajstić information content (AvgIpc) is 2.29. The first-order valence-corrected chi connectivity index (χ1v) is 5.61. The highest BCUT2D eigenvalue weighted by Crippen LogP contribution is 2.15. The van der Waals surface area contributed by atoms with Crippen LogP contribution in [-0.2, 0) is 6.54 Å². The molecule has 1 aromatic carbocycles. The quantitative estimate of drug-likeness (QED) is 0.792. The fourth-order valence-electron chi connectivity index (χ4n) is 1.91. The van der Waals surface area contributed by atoms with Gasteiger partial charge in [0.15, 0.2) is 0 Å². The number of piperidine rings is 1. The van der Waals surface area contributed by atoms with Crippen molar-refractivity contribution < 1.29 is 5.11 Å². The number of nitrogens with zero attached hydrogens (tertiary/aromatic N) is 1. The van der Waals surface area contributed by atoms with Gasteiger partial charge in [-0.3, -0.25) is 5.43 Å². The summed E-state index contributed by atoms with van der Waals surface area (Å²) in [6.07, 6.45) is 3.89. The van der Waals surface area contributed by atoms with Gasteiger partial charge >= 0.3 is 0 Å². The lowest BCUT2D eigenvalue weighted by molar-refractivity contribution is 0.150. The van der Waals surface area contributed by atoms with Gasteiger partial charge in [-0.1, -0.05) is 24.6 Å². The normalized spacial score (nSPS) is 17.9. The molecule has 3 heteroatoms. The molecule has 3 nitrogen and oxygen atoms in total. The molecule has 2 rings (SSSR count). The zero-order valence-corrected chi connectivity index (χ0v) is 8.95. The van der Waals surface area contributed by atoms with Crippen molar-refractivity contribution in [2.24, 2.45) is 0 Å². The number of benzene rings is 1. The van der Waals surface area contributed by atoms with Crippen LogP contribution < -0.4 is 5.43 Å². The van der Waals surface area contributed by atoms with Gasteiger partial charge in [0.2, 0.25) is 0 Å². The molecule has 1 aromatic rings. The summed E-state index contributed by atoms with van der Waals surface area (Å²) in [6.45, 7) is 2.95. The molecule has 1 fully saturated rings. The van der Waals surface area contributed by atoms with Crippen LogP contribution in [0.1, 0.15) is 24.8 Å². The first kappa shape index (κ1) is 10.5. The third kappa shape index (κ3) is 2.94.